The zero-order valence-corrected chi connectivity index (χ0v) is 18.9. The minimum absolute atomic E-state index is 0.176. The van der Waals surface area contributed by atoms with Gasteiger partial charge in [0.2, 0.25) is 0 Å². The first-order valence-electron chi connectivity index (χ1n) is 10.6. The van der Waals surface area contributed by atoms with Crippen molar-refractivity contribution in [2.24, 2.45) is 7.05 Å². The first-order valence-corrected chi connectivity index (χ1v) is 10.6. The second-order valence-corrected chi connectivity index (χ2v) is 8.33. The van der Waals surface area contributed by atoms with Gasteiger partial charge < -0.3 is 14.5 Å². The maximum Gasteiger partial charge on any atom is 0.119 e. The molecule has 0 N–H and O–H groups in total. The molecule has 0 bridgehead atoms. The van der Waals surface area contributed by atoms with Gasteiger partial charge in [-0.15, -0.1) is 0 Å². The molecule has 0 aliphatic heterocycles. The number of aryl methyl sites for hydroxylation is 1. The summed E-state index contributed by atoms with van der Waals surface area (Å²) in [5.74, 6) is 0.893. The Morgan fingerprint density at radius 2 is 1.53 bits per heavy atom. The summed E-state index contributed by atoms with van der Waals surface area (Å²) < 4.78 is 7.66. The summed E-state index contributed by atoms with van der Waals surface area (Å²) in [6, 6.07) is 18.9. The van der Waals surface area contributed by atoms with E-state index in [0.29, 0.717) is 0 Å². The van der Waals surface area contributed by atoms with Gasteiger partial charge in [-0.1, -0.05) is 30.3 Å². The lowest BCUT2D eigenvalue weighted by molar-refractivity contribution is 0.242. The lowest BCUT2D eigenvalue weighted by atomic mass is 10.1. The van der Waals surface area contributed by atoms with E-state index in [1.165, 1.54) is 11.1 Å². The van der Waals surface area contributed by atoms with Gasteiger partial charge in [-0.3, -0.25) is 4.68 Å². The molecule has 3 rings (SSSR count). The van der Waals surface area contributed by atoms with Crippen molar-refractivity contribution in [3.8, 4) is 17.0 Å². The van der Waals surface area contributed by atoms with E-state index in [2.05, 4.69) is 72.6 Å². The van der Waals surface area contributed by atoms with Crippen LogP contribution in [0.5, 0.6) is 5.75 Å². The zero-order valence-electron chi connectivity index (χ0n) is 18.9. The number of nitrogens with zero attached hydrogens (tertiary/aromatic N) is 4. The Hall–Kier alpha value is -2.63. The van der Waals surface area contributed by atoms with Crippen LogP contribution in [0.2, 0.25) is 0 Å². The normalized spacial score (nSPS) is 11.6. The number of benzene rings is 2. The molecule has 0 radical (unpaired) electrons. The van der Waals surface area contributed by atoms with Crippen molar-refractivity contribution in [2.45, 2.75) is 33.0 Å². The van der Waals surface area contributed by atoms with Gasteiger partial charge >= 0.3 is 0 Å². The number of hydrogen-bond acceptors (Lipinski definition) is 4. The van der Waals surface area contributed by atoms with E-state index < -0.39 is 0 Å². The first kappa shape index (κ1) is 22.1. The fourth-order valence-electron chi connectivity index (χ4n) is 3.55. The molecule has 0 fully saturated rings. The Labute approximate surface area is 180 Å². The van der Waals surface area contributed by atoms with Crippen LogP contribution in [0, 0.1) is 0 Å². The summed E-state index contributed by atoms with van der Waals surface area (Å²) in [6.07, 6.45) is 2.30. The maximum absolute atomic E-state index is 5.76. The molecule has 0 spiro atoms. The average Bonchev–Trinajstić information content (AvgIpc) is 3.07. The van der Waals surface area contributed by atoms with Gasteiger partial charge in [0.1, 0.15) is 5.75 Å². The standard InChI is InChI=1S/C25H34N4O/c1-20(2)30-24-13-11-22(12-14-24)25-23(19-29(5)26-25)18-28(4)16-15-27(3)17-21-9-7-6-8-10-21/h6-14,19-20H,15-18H2,1-5H3. The van der Waals surface area contributed by atoms with Crippen molar-refractivity contribution in [1.82, 2.24) is 19.6 Å². The third kappa shape index (κ3) is 6.44. The fourth-order valence-corrected chi connectivity index (χ4v) is 3.55. The van der Waals surface area contributed by atoms with E-state index in [4.69, 9.17) is 9.84 Å². The maximum atomic E-state index is 5.76. The van der Waals surface area contributed by atoms with E-state index in [1.807, 2.05) is 37.7 Å². The van der Waals surface area contributed by atoms with E-state index in [1.54, 1.807) is 0 Å². The Kier molecular flexibility index (Phi) is 7.66. The monoisotopic (exact) mass is 406 g/mol. The molecule has 3 aromatic rings. The molecule has 0 atom stereocenters. The van der Waals surface area contributed by atoms with Crippen LogP contribution in [0.25, 0.3) is 11.3 Å². The van der Waals surface area contributed by atoms with Crippen molar-refractivity contribution < 1.29 is 4.74 Å². The zero-order chi connectivity index (χ0) is 21.5. The third-order valence-corrected chi connectivity index (χ3v) is 5.00. The quantitative estimate of drug-likeness (QED) is 0.498. The molecule has 2 aromatic carbocycles. The number of ether oxygens (including phenoxy) is 1. The molecule has 5 nitrogen and oxygen atoms in total. The smallest absolute Gasteiger partial charge is 0.119 e. The molecule has 1 heterocycles. The molecule has 0 aliphatic rings. The highest BCUT2D eigenvalue weighted by Crippen LogP contribution is 2.25. The molecule has 0 aliphatic carbocycles. The van der Waals surface area contributed by atoms with Crippen molar-refractivity contribution in [3.63, 3.8) is 0 Å². The van der Waals surface area contributed by atoms with Gasteiger partial charge in [0.15, 0.2) is 0 Å². The molecule has 5 heteroatoms. The average molecular weight is 407 g/mol. The topological polar surface area (TPSA) is 33.5 Å². The van der Waals surface area contributed by atoms with Crippen LogP contribution in [0.1, 0.15) is 25.0 Å². The minimum atomic E-state index is 0.176. The predicted molar refractivity (Wildman–Crippen MR) is 124 cm³/mol. The third-order valence-electron chi connectivity index (χ3n) is 5.00. The van der Waals surface area contributed by atoms with Crippen LogP contribution in [0.3, 0.4) is 0 Å². The Balaban J connectivity index is 1.58. The molecule has 160 valence electrons. The summed E-state index contributed by atoms with van der Waals surface area (Å²) in [6.45, 7) is 7.93. The highest BCUT2D eigenvalue weighted by atomic mass is 16.5. The number of rotatable bonds is 10. The molecule has 30 heavy (non-hydrogen) atoms. The van der Waals surface area contributed by atoms with E-state index in [-0.39, 0.29) is 6.10 Å². The number of likely N-dealkylation sites (N-methyl/N-ethyl adjacent to an activating group) is 2. The minimum Gasteiger partial charge on any atom is -0.491 e. The van der Waals surface area contributed by atoms with Crippen LogP contribution in [-0.2, 0) is 20.1 Å². The molecule has 0 amide bonds. The van der Waals surface area contributed by atoms with E-state index >= 15 is 0 Å². The number of aromatic nitrogens is 2. The van der Waals surface area contributed by atoms with E-state index in [9.17, 15) is 0 Å². The van der Waals surface area contributed by atoms with Crippen molar-refractivity contribution >= 4 is 0 Å². The lowest BCUT2D eigenvalue weighted by Gasteiger charge is -2.22. The van der Waals surface area contributed by atoms with E-state index in [0.717, 1.165) is 43.2 Å². The van der Waals surface area contributed by atoms with Crippen molar-refractivity contribution in [2.75, 3.05) is 27.2 Å². The van der Waals surface area contributed by atoms with Crippen LogP contribution >= 0.6 is 0 Å². The highest BCUT2D eigenvalue weighted by molar-refractivity contribution is 5.63. The summed E-state index contributed by atoms with van der Waals surface area (Å²) >= 11 is 0. The van der Waals surface area contributed by atoms with Gasteiger partial charge in [-0.25, -0.2) is 0 Å². The van der Waals surface area contributed by atoms with Crippen LogP contribution < -0.4 is 4.74 Å². The molecule has 1 aromatic heterocycles. The predicted octanol–water partition coefficient (Wildman–Crippen LogP) is 4.44. The Morgan fingerprint density at radius 1 is 0.900 bits per heavy atom. The Bertz CT molecular complexity index is 903. The Morgan fingerprint density at radius 3 is 2.17 bits per heavy atom. The second-order valence-electron chi connectivity index (χ2n) is 8.33. The summed E-state index contributed by atoms with van der Waals surface area (Å²) in [5, 5.41) is 4.71. The summed E-state index contributed by atoms with van der Waals surface area (Å²) in [4.78, 5) is 4.72. The highest BCUT2D eigenvalue weighted by Gasteiger charge is 2.13. The lowest BCUT2D eigenvalue weighted by Crippen LogP contribution is -2.30. The largest absolute Gasteiger partial charge is 0.491 e. The SMILES string of the molecule is CC(C)Oc1ccc(-c2nn(C)cc2CN(C)CCN(C)Cc2ccccc2)cc1. The van der Waals surface area contributed by atoms with Gasteiger partial charge in [-0.05, 0) is 57.8 Å². The molecule has 0 saturated carbocycles. The van der Waals surface area contributed by atoms with Crippen LogP contribution in [-0.4, -0.2) is 52.9 Å². The fraction of sp³-hybridized carbons (Fsp3) is 0.400. The molecule has 0 unspecified atom stereocenters. The van der Waals surface area contributed by atoms with Crippen LogP contribution in [0.15, 0.2) is 60.8 Å². The van der Waals surface area contributed by atoms with Gasteiger partial charge in [-0.2, -0.15) is 5.10 Å². The van der Waals surface area contributed by atoms with Crippen molar-refractivity contribution in [3.05, 3.63) is 71.9 Å². The van der Waals surface area contributed by atoms with Gasteiger partial charge in [0.25, 0.3) is 0 Å². The molecule has 0 saturated heterocycles. The molecular weight excluding hydrogens is 372 g/mol. The van der Waals surface area contributed by atoms with Gasteiger partial charge in [0.05, 0.1) is 11.8 Å². The van der Waals surface area contributed by atoms with Crippen LogP contribution in [0.4, 0.5) is 0 Å². The van der Waals surface area contributed by atoms with Gasteiger partial charge in [0, 0.05) is 50.6 Å². The number of hydrogen-bond donors (Lipinski definition) is 0. The summed E-state index contributed by atoms with van der Waals surface area (Å²) in [7, 11) is 6.33. The van der Waals surface area contributed by atoms with Crippen molar-refractivity contribution in [1.29, 1.82) is 0 Å². The second kappa shape index (κ2) is 10.4. The molecular formula is C25H34N4O. The first-order chi connectivity index (χ1) is 14.4. The summed E-state index contributed by atoms with van der Waals surface area (Å²) in [5.41, 5.74) is 4.75.